The van der Waals surface area contributed by atoms with Crippen LogP contribution in [0.4, 0.5) is 0 Å². The average molecular weight is 467 g/mol. The summed E-state index contributed by atoms with van der Waals surface area (Å²) in [5.74, 6) is 0.622. The van der Waals surface area contributed by atoms with E-state index in [0.717, 1.165) is 6.42 Å². The standard InChI is InChI=1S/C25H23ClN2O5/c1-2-15-31-20-13-9-19(10-14-20)25(30)33-21-11-7-18(8-12-21)16-27-28-24(29)17-32-23-6-4-3-5-22(23)26/h3-14,16H,2,15,17H2,1H3,(H,28,29)/b27-16+. The van der Waals surface area contributed by atoms with Gasteiger partial charge in [-0.1, -0.05) is 30.7 Å². The van der Waals surface area contributed by atoms with Crippen LogP contribution >= 0.6 is 11.6 Å². The molecule has 0 radical (unpaired) electrons. The predicted octanol–water partition coefficient (Wildman–Crippen LogP) is 4.88. The molecule has 0 aromatic heterocycles. The summed E-state index contributed by atoms with van der Waals surface area (Å²) in [4.78, 5) is 24.1. The van der Waals surface area contributed by atoms with Gasteiger partial charge in [0.2, 0.25) is 0 Å². The molecule has 0 saturated heterocycles. The molecule has 0 aliphatic rings. The quantitative estimate of drug-likeness (QED) is 0.199. The Bertz CT molecular complexity index is 1100. The van der Waals surface area contributed by atoms with Crippen LogP contribution in [0.2, 0.25) is 5.02 Å². The van der Waals surface area contributed by atoms with Gasteiger partial charge in [0, 0.05) is 0 Å². The van der Waals surface area contributed by atoms with E-state index in [9.17, 15) is 9.59 Å². The van der Waals surface area contributed by atoms with Crippen molar-refractivity contribution in [2.24, 2.45) is 5.10 Å². The molecule has 0 atom stereocenters. The van der Waals surface area contributed by atoms with Gasteiger partial charge in [0.15, 0.2) is 6.61 Å². The highest BCUT2D eigenvalue weighted by Crippen LogP contribution is 2.22. The van der Waals surface area contributed by atoms with Gasteiger partial charge >= 0.3 is 5.97 Å². The van der Waals surface area contributed by atoms with Crippen LogP contribution in [-0.4, -0.2) is 31.3 Å². The van der Waals surface area contributed by atoms with Gasteiger partial charge in [-0.15, -0.1) is 0 Å². The van der Waals surface area contributed by atoms with Crippen molar-refractivity contribution in [3.63, 3.8) is 0 Å². The molecule has 0 fully saturated rings. The molecular weight excluding hydrogens is 444 g/mol. The number of carbonyl (C=O) groups is 2. The maximum absolute atomic E-state index is 12.3. The Kier molecular flexibility index (Phi) is 8.85. The lowest BCUT2D eigenvalue weighted by Gasteiger charge is -2.07. The summed E-state index contributed by atoms with van der Waals surface area (Å²) < 4.78 is 16.2. The molecule has 0 aliphatic carbocycles. The Labute approximate surface area is 196 Å². The lowest BCUT2D eigenvalue weighted by atomic mass is 10.2. The molecular formula is C25H23ClN2O5. The van der Waals surface area contributed by atoms with Crippen LogP contribution in [-0.2, 0) is 4.79 Å². The van der Waals surface area contributed by atoms with Crippen LogP contribution in [0.1, 0.15) is 29.3 Å². The molecule has 7 nitrogen and oxygen atoms in total. The molecule has 33 heavy (non-hydrogen) atoms. The summed E-state index contributed by atoms with van der Waals surface area (Å²) in [7, 11) is 0. The average Bonchev–Trinajstić information content (AvgIpc) is 2.83. The van der Waals surface area contributed by atoms with Crippen molar-refractivity contribution in [1.29, 1.82) is 0 Å². The normalized spacial score (nSPS) is 10.6. The summed E-state index contributed by atoms with van der Waals surface area (Å²) in [6.07, 6.45) is 2.38. The van der Waals surface area contributed by atoms with Crippen molar-refractivity contribution < 1.29 is 23.8 Å². The van der Waals surface area contributed by atoms with Crippen LogP contribution in [0.15, 0.2) is 77.9 Å². The number of hydrogen-bond acceptors (Lipinski definition) is 6. The topological polar surface area (TPSA) is 86.2 Å². The number of nitrogens with zero attached hydrogens (tertiary/aromatic N) is 1. The van der Waals surface area contributed by atoms with E-state index < -0.39 is 11.9 Å². The maximum Gasteiger partial charge on any atom is 0.343 e. The van der Waals surface area contributed by atoms with Crippen molar-refractivity contribution in [2.75, 3.05) is 13.2 Å². The highest BCUT2D eigenvalue weighted by atomic mass is 35.5. The molecule has 1 N–H and O–H groups in total. The highest BCUT2D eigenvalue weighted by Gasteiger charge is 2.09. The van der Waals surface area contributed by atoms with Crippen molar-refractivity contribution in [1.82, 2.24) is 5.43 Å². The molecule has 0 saturated carbocycles. The van der Waals surface area contributed by atoms with Crippen molar-refractivity contribution >= 4 is 29.7 Å². The van der Waals surface area contributed by atoms with E-state index in [-0.39, 0.29) is 6.61 Å². The zero-order valence-electron chi connectivity index (χ0n) is 18.0. The van der Waals surface area contributed by atoms with E-state index in [0.29, 0.717) is 40.0 Å². The fourth-order valence-electron chi connectivity index (χ4n) is 2.61. The number of rotatable bonds is 10. The zero-order chi connectivity index (χ0) is 23.5. The van der Waals surface area contributed by atoms with Gasteiger partial charge in [0.25, 0.3) is 5.91 Å². The Morgan fingerprint density at radius 2 is 1.64 bits per heavy atom. The summed E-state index contributed by atoms with van der Waals surface area (Å²) in [6.45, 7) is 2.43. The first kappa shape index (κ1) is 23.8. The minimum Gasteiger partial charge on any atom is -0.494 e. The SMILES string of the molecule is CCCOc1ccc(C(=O)Oc2ccc(/C=N/NC(=O)COc3ccccc3Cl)cc2)cc1. The van der Waals surface area contributed by atoms with Crippen LogP contribution in [0, 0.1) is 0 Å². The molecule has 1 amide bonds. The first-order valence-electron chi connectivity index (χ1n) is 10.3. The highest BCUT2D eigenvalue weighted by molar-refractivity contribution is 6.32. The molecule has 3 aromatic carbocycles. The summed E-state index contributed by atoms with van der Waals surface area (Å²) in [5.41, 5.74) is 3.50. The molecule has 0 bridgehead atoms. The lowest BCUT2D eigenvalue weighted by Crippen LogP contribution is -2.24. The number of nitrogens with one attached hydrogen (secondary N) is 1. The second-order valence-electron chi connectivity index (χ2n) is 6.84. The van der Waals surface area contributed by atoms with Crippen LogP contribution in [0.25, 0.3) is 0 Å². The van der Waals surface area contributed by atoms with E-state index in [2.05, 4.69) is 10.5 Å². The Morgan fingerprint density at radius 1 is 0.939 bits per heavy atom. The number of ether oxygens (including phenoxy) is 3. The predicted molar refractivity (Wildman–Crippen MR) is 126 cm³/mol. The second kappa shape index (κ2) is 12.3. The number of halogens is 1. The Hall–Kier alpha value is -3.84. The zero-order valence-corrected chi connectivity index (χ0v) is 18.7. The van der Waals surface area contributed by atoms with Gasteiger partial charge in [0.1, 0.15) is 17.2 Å². The Morgan fingerprint density at radius 3 is 2.33 bits per heavy atom. The van der Waals surface area contributed by atoms with Crippen molar-refractivity contribution in [3.05, 3.63) is 88.9 Å². The summed E-state index contributed by atoms with van der Waals surface area (Å²) in [6, 6.07) is 20.4. The largest absolute Gasteiger partial charge is 0.494 e. The van der Waals surface area contributed by atoms with Crippen molar-refractivity contribution in [2.45, 2.75) is 13.3 Å². The molecule has 3 rings (SSSR count). The van der Waals surface area contributed by atoms with E-state index >= 15 is 0 Å². The number of carbonyl (C=O) groups excluding carboxylic acids is 2. The van der Waals surface area contributed by atoms with Gasteiger partial charge in [0.05, 0.1) is 23.4 Å². The van der Waals surface area contributed by atoms with Crippen LogP contribution in [0.3, 0.4) is 0 Å². The van der Waals surface area contributed by atoms with Gasteiger partial charge < -0.3 is 14.2 Å². The smallest absolute Gasteiger partial charge is 0.343 e. The number of benzene rings is 3. The fraction of sp³-hybridized carbons (Fsp3) is 0.160. The van der Waals surface area contributed by atoms with E-state index in [1.165, 1.54) is 6.21 Å². The monoisotopic (exact) mass is 466 g/mol. The van der Waals surface area contributed by atoms with E-state index in [4.69, 9.17) is 25.8 Å². The first-order chi connectivity index (χ1) is 16.0. The first-order valence-corrected chi connectivity index (χ1v) is 10.7. The van der Waals surface area contributed by atoms with E-state index in [1.54, 1.807) is 72.8 Å². The molecule has 3 aromatic rings. The van der Waals surface area contributed by atoms with Crippen LogP contribution < -0.4 is 19.6 Å². The number of amides is 1. The van der Waals surface area contributed by atoms with Crippen molar-refractivity contribution in [3.8, 4) is 17.2 Å². The summed E-state index contributed by atoms with van der Waals surface area (Å²) >= 11 is 5.97. The van der Waals surface area contributed by atoms with Gasteiger partial charge in [-0.2, -0.15) is 5.10 Å². The number of hydrogen-bond donors (Lipinski definition) is 1. The maximum atomic E-state index is 12.3. The van der Waals surface area contributed by atoms with Gasteiger partial charge in [-0.3, -0.25) is 4.79 Å². The Balaban J connectivity index is 1.45. The molecule has 0 spiro atoms. The van der Waals surface area contributed by atoms with Gasteiger partial charge in [-0.25, -0.2) is 10.2 Å². The third-order valence-electron chi connectivity index (χ3n) is 4.25. The molecule has 170 valence electrons. The number of para-hydroxylation sites is 1. The van der Waals surface area contributed by atoms with Crippen LogP contribution in [0.5, 0.6) is 17.2 Å². The third kappa shape index (κ3) is 7.66. The molecule has 0 unspecified atom stereocenters. The summed E-state index contributed by atoms with van der Waals surface area (Å²) in [5, 5.41) is 4.31. The molecule has 0 heterocycles. The third-order valence-corrected chi connectivity index (χ3v) is 4.56. The molecule has 8 heteroatoms. The van der Waals surface area contributed by atoms with Gasteiger partial charge in [-0.05, 0) is 72.6 Å². The second-order valence-corrected chi connectivity index (χ2v) is 7.25. The number of esters is 1. The minimum absolute atomic E-state index is 0.221. The fourth-order valence-corrected chi connectivity index (χ4v) is 2.80. The molecule has 0 aliphatic heterocycles. The van der Waals surface area contributed by atoms with E-state index in [1.807, 2.05) is 6.92 Å². The lowest BCUT2D eigenvalue weighted by molar-refractivity contribution is -0.123. The number of hydrazone groups is 1. The minimum atomic E-state index is -0.468.